The van der Waals surface area contributed by atoms with E-state index in [2.05, 4.69) is 60.6 Å². The van der Waals surface area contributed by atoms with Crippen molar-refractivity contribution >= 4 is 51.6 Å². The lowest BCUT2D eigenvalue weighted by Crippen LogP contribution is -2.30. The van der Waals surface area contributed by atoms with Crippen LogP contribution in [0.15, 0.2) is 42.7 Å². The van der Waals surface area contributed by atoms with Crippen molar-refractivity contribution < 1.29 is 9.59 Å². The summed E-state index contributed by atoms with van der Waals surface area (Å²) in [5, 5.41) is 0. The average Bonchev–Trinajstić information content (AvgIpc) is 3.24. The van der Waals surface area contributed by atoms with Gasteiger partial charge in [0.25, 0.3) is 0 Å². The number of hydrogen-bond donors (Lipinski definition) is 0. The van der Waals surface area contributed by atoms with E-state index in [1.807, 2.05) is 29.8 Å². The molecule has 2 rings (SSSR count). The predicted molar refractivity (Wildman–Crippen MR) is 146 cm³/mol. The number of hydrogen-bond acceptors (Lipinski definition) is 5. The maximum absolute atomic E-state index is 12.3. The van der Waals surface area contributed by atoms with E-state index in [9.17, 15) is 9.59 Å². The lowest BCUT2D eigenvalue weighted by molar-refractivity contribution is -0.129. The standard InChI is InChI=1S/C26H37N3O2S2/c1-27-18-15-24(22-27)10-9-23-11-13-25(14-12-23)28(2)16-7-17-29(3)26(31)8-6-21-33-32-20-5-4-19-30/h9-15,18-19,22H,4-8,16-17,20-21H2,1-3H3/b10-9+. The highest BCUT2D eigenvalue weighted by Crippen LogP contribution is 2.23. The van der Waals surface area contributed by atoms with Gasteiger partial charge < -0.3 is 19.2 Å². The molecule has 0 N–H and O–H groups in total. The van der Waals surface area contributed by atoms with Gasteiger partial charge in [-0.15, -0.1) is 0 Å². The Bertz CT molecular complexity index is 865. The summed E-state index contributed by atoms with van der Waals surface area (Å²) in [5.41, 5.74) is 3.56. The van der Waals surface area contributed by atoms with Gasteiger partial charge in [0, 0.05) is 76.7 Å². The zero-order valence-corrected chi connectivity index (χ0v) is 21.7. The van der Waals surface area contributed by atoms with Crippen molar-refractivity contribution in [3.05, 3.63) is 53.9 Å². The van der Waals surface area contributed by atoms with Crippen molar-refractivity contribution in [1.29, 1.82) is 0 Å². The van der Waals surface area contributed by atoms with Crippen LogP contribution in [0.2, 0.25) is 0 Å². The maximum Gasteiger partial charge on any atom is 0.222 e. The van der Waals surface area contributed by atoms with Crippen LogP contribution in [0.4, 0.5) is 5.69 Å². The number of aromatic nitrogens is 1. The first-order valence-corrected chi connectivity index (χ1v) is 14.0. The van der Waals surface area contributed by atoms with Gasteiger partial charge in [0.15, 0.2) is 0 Å². The van der Waals surface area contributed by atoms with E-state index in [1.165, 1.54) is 16.8 Å². The topological polar surface area (TPSA) is 45.5 Å². The minimum absolute atomic E-state index is 0.221. The van der Waals surface area contributed by atoms with Gasteiger partial charge in [0.05, 0.1) is 0 Å². The van der Waals surface area contributed by atoms with Gasteiger partial charge in [-0.3, -0.25) is 4.79 Å². The number of rotatable bonds is 16. The molecule has 1 aromatic carbocycles. The highest BCUT2D eigenvalue weighted by Gasteiger charge is 2.09. The van der Waals surface area contributed by atoms with Gasteiger partial charge in [-0.1, -0.05) is 45.9 Å². The summed E-state index contributed by atoms with van der Waals surface area (Å²) in [6, 6.07) is 10.7. The first kappa shape index (κ1) is 27.1. The van der Waals surface area contributed by atoms with Crippen molar-refractivity contribution in [2.45, 2.75) is 32.1 Å². The van der Waals surface area contributed by atoms with Gasteiger partial charge >= 0.3 is 0 Å². The molecule has 0 aliphatic rings. The van der Waals surface area contributed by atoms with Crippen molar-refractivity contribution in [2.24, 2.45) is 7.05 Å². The summed E-state index contributed by atoms with van der Waals surface area (Å²) in [5.74, 6) is 2.20. The van der Waals surface area contributed by atoms with Gasteiger partial charge in [-0.2, -0.15) is 0 Å². The van der Waals surface area contributed by atoms with Crippen LogP contribution in [0, 0.1) is 0 Å². The van der Waals surface area contributed by atoms with Crippen LogP contribution in [-0.4, -0.2) is 60.4 Å². The Morgan fingerprint density at radius 1 is 0.939 bits per heavy atom. The molecule has 0 atom stereocenters. The maximum atomic E-state index is 12.3. The van der Waals surface area contributed by atoms with E-state index in [4.69, 9.17) is 0 Å². The lowest BCUT2D eigenvalue weighted by Gasteiger charge is -2.22. The van der Waals surface area contributed by atoms with Crippen molar-refractivity contribution in [3.63, 3.8) is 0 Å². The zero-order chi connectivity index (χ0) is 23.9. The number of aryl methyl sites for hydroxylation is 1. The molecular formula is C26H37N3O2S2. The first-order valence-electron chi connectivity index (χ1n) is 11.5. The molecule has 0 aliphatic heterocycles. The Hall–Kier alpha value is -2.12. The summed E-state index contributed by atoms with van der Waals surface area (Å²) < 4.78 is 2.04. The molecule has 0 saturated carbocycles. The average molecular weight is 488 g/mol. The predicted octanol–water partition coefficient (Wildman–Crippen LogP) is 5.62. The van der Waals surface area contributed by atoms with Crippen LogP contribution in [0.3, 0.4) is 0 Å². The van der Waals surface area contributed by atoms with Crippen LogP contribution in [0.5, 0.6) is 0 Å². The van der Waals surface area contributed by atoms with Gasteiger partial charge in [-0.05, 0) is 48.6 Å². The number of nitrogens with zero attached hydrogens (tertiary/aromatic N) is 3. The van der Waals surface area contributed by atoms with E-state index in [0.29, 0.717) is 12.8 Å². The largest absolute Gasteiger partial charge is 0.375 e. The Morgan fingerprint density at radius 3 is 2.30 bits per heavy atom. The van der Waals surface area contributed by atoms with Crippen molar-refractivity contribution in [2.75, 3.05) is 43.6 Å². The summed E-state index contributed by atoms with van der Waals surface area (Å²) in [6.07, 6.45) is 13.4. The van der Waals surface area contributed by atoms with E-state index >= 15 is 0 Å². The fourth-order valence-electron chi connectivity index (χ4n) is 3.27. The fraction of sp³-hybridized carbons (Fsp3) is 0.462. The highest BCUT2D eigenvalue weighted by atomic mass is 33.1. The smallest absolute Gasteiger partial charge is 0.222 e. The third kappa shape index (κ3) is 11.0. The molecule has 1 amide bonds. The second-order valence-electron chi connectivity index (χ2n) is 8.18. The van der Waals surface area contributed by atoms with Crippen LogP contribution in [-0.2, 0) is 16.6 Å². The van der Waals surface area contributed by atoms with Crippen LogP contribution >= 0.6 is 21.6 Å². The fourth-order valence-corrected chi connectivity index (χ4v) is 5.47. The summed E-state index contributed by atoms with van der Waals surface area (Å²) in [4.78, 5) is 26.7. The van der Waals surface area contributed by atoms with E-state index in [1.54, 1.807) is 21.6 Å². The Balaban J connectivity index is 1.61. The number of amides is 1. The number of aldehydes is 1. The molecule has 33 heavy (non-hydrogen) atoms. The van der Waals surface area contributed by atoms with Gasteiger partial charge in [0.2, 0.25) is 5.91 Å². The Morgan fingerprint density at radius 2 is 1.64 bits per heavy atom. The number of carbonyl (C=O) groups is 2. The minimum Gasteiger partial charge on any atom is -0.375 e. The SMILES string of the molecule is CN(CCCN(C)c1ccc(/C=C/c2ccn(C)c2)cc1)C(=O)CCCSSCCCC=O. The monoisotopic (exact) mass is 487 g/mol. The van der Waals surface area contributed by atoms with Gasteiger partial charge in [0.1, 0.15) is 6.29 Å². The summed E-state index contributed by atoms with van der Waals surface area (Å²) >= 11 is 0. The number of anilines is 1. The first-order chi connectivity index (χ1) is 16.0. The molecule has 0 bridgehead atoms. The molecule has 180 valence electrons. The molecule has 1 aromatic heterocycles. The minimum atomic E-state index is 0.221. The number of carbonyl (C=O) groups excluding carboxylic acids is 2. The second-order valence-corrected chi connectivity index (χ2v) is 10.9. The highest BCUT2D eigenvalue weighted by molar-refractivity contribution is 8.76. The third-order valence-electron chi connectivity index (χ3n) is 5.32. The summed E-state index contributed by atoms with van der Waals surface area (Å²) in [7, 11) is 9.62. The molecule has 2 aromatic rings. The molecular weight excluding hydrogens is 450 g/mol. The third-order valence-corrected chi connectivity index (χ3v) is 7.90. The Labute approximate surface area is 207 Å². The summed E-state index contributed by atoms with van der Waals surface area (Å²) in [6.45, 7) is 1.68. The quantitative estimate of drug-likeness (QED) is 0.175. The second kappa shape index (κ2) is 15.7. The molecule has 0 fully saturated rings. The van der Waals surface area contributed by atoms with Crippen LogP contribution in [0.1, 0.15) is 43.2 Å². The number of unbranched alkanes of at least 4 members (excludes halogenated alkanes) is 1. The molecule has 0 saturated heterocycles. The van der Waals surface area contributed by atoms with E-state index in [0.717, 1.165) is 50.1 Å². The normalized spacial score (nSPS) is 11.1. The molecule has 0 aliphatic carbocycles. The molecule has 5 nitrogen and oxygen atoms in total. The molecule has 0 spiro atoms. The van der Waals surface area contributed by atoms with Crippen molar-refractivity contribution in [1.82, 2.24) is 9.47 Å². The van der Waals surface area contributed by atoms with Crippen LogP contribution in [0.25, 0.3) is 12.2 Å². The zero-order valence-electron chi connectivity index (χ0n) is 20.1. The van der Waals surface area contributed by atoms with Gasteiger partial charge in [-0.25, -0.2) is 0 Å². The number of benzene rings is 1. The molecule has 0 radical (unpaired) electrons. The molecule has 1 heterocycles. The van der Waals surface area contributed by atoms with Crippen molar-refractivity contribution in [3.8, 4) is 0 Å². The van der Waals surface area contributed by atoms with E-state index in [-0.39, 0.29) is 5.91 Å². The molecule has 7 heteroatoms. The molecule has 0 unspecified atom stereocenters. The van der Waals surface area contributed by atoms with Crippen LogP contribution < -0.4 is 4.90 Å². The van der Waals surface area contributed by atoms with E-state index < -0.39 is 0 Å². The lowest BCUT2D eigenvalue weighted by atomic mass is 10.1. The Kier molecular flexibility index (Phi) is 12.9.